The number of anilines is 1. The number of thioether (sulfide) groups is 1. The number of thiophene rings is 1. The Morgan fingerprint density at radius 2 is 1.72 bits per heavy atom. The lowest BCUT2D eigenvalue weighted by atomic mass is 10.1. The molecule has 2 heterocycles. The van der Waals surface area contributed by atoms with Crippen LogP contribution >= 0.6 is 23.1 Å². The van der Waals surface area contributed by atoms with E-state index < -0.39 is 17.3 Å². The van der Waals surface area contributed by atoms with Crippen molar-refractivity contribution in [3.8, 4) is 24.7 Å². The Labute approximate surface area is 220 Å². The molecule has 0 unspecified atom stereocenters. The first-order valence-corrected chi connectivity index (χ1v) is 13.2. The quantitative estimate of drug-likeness (QED) is 0.136. The molecule has 0 fully saturated rings. The third kappa shape index (κ3) is 6.18. The number of carbonyl (C=O) groups excluding carboxylic acids is 2. The van der Waals surface area contributed by atoms with Crippen molar-refractivity contribution in [2.45, 2.75) is 13.8 Å². The average molecular weight is 525 g/mol. The van der Waals surface area contributed by atoms with Gasteiger partial charge in [-0.3, -0.25) is 9.59 Å². The van der Waals surface area contributed by atoms with Crippen LogP contribution in [-0.4, -0.2) is 73.8 Å². The zero-order valence-corrected chi connectivity index (χ0v) is 22.0. The van der Waals surface area contributed by atoms with E-state index in [1.807, 2.05) is 26.0 Å². The number of ketones is 2. The molecule has 2 aliphatic rings. The maximum absolute atomic E-state index is 13.3. The highest BCUT2D eigenvalue weighted by molar-refractivity contribution is 8.18. The fraction of sp³-hybridized carbons (Fsp3) is 0.370. The molecule has 0 aromatic carbocycles. The molecule has 0 spiro atoms. The van der Waals surface area contributed by atoms with E-state index >= 15 is 0 Å². The first-order valence-electron chi connectivity index (χ1n) is 11.6. The fourth-order valence-corrected chi connectivity index (χ4v) is 6.00. The lowest BCUT2D eigenvalue weighted by molar-refractivity contribution is -0.523. The second-order valence-corrected chi connectivity index (χ2v) is 9.81. The van der Waals surface area contributed by atoms with E-state index in [0.29, 0.717) is 49.2 Å². The molecule has 188 valence electrons. The molecule has 0 amide bonds. The Kier molecular flexibility index (Phi) is 10.2. The summed E-state index contributed by atoms with van der Waals surface area (Å²) >= 11 is 2.63. The number of hydrogen-bond donors (Lipinski definition) is 0. The van der Waals surface area contributed by atoms with Gasteiger partial charge in [-0.05, 0) is 43.8 Å². The van der Waals surface area contributed by atoms with Crippen LogP contribution in [0.25, 0.3) is 5.57 Å². The van der Waals surface area contributed by atoms with Crippen molar-refractivity contribution >= 4 is 50.3 Å². The lowest BCUT2D eigenvalue weighted by Gasteiger charge is -2.20. The summed E-state index contributed by atoms with van der Waals surface area (Å²) in [5.41, 5.74) is -0.119. The lowest BCUT2D eigenvalue weighted by Crippen LogP contribution is -2.26. The van der Waals surface area contributed by atoms with Crippen LogP contribution in [0.1, 0.15) is 18.7 Å². The van der Waals surface area contributed by atoms with Gasteiger partial charge in [0, 0.05) is 40.1 Å². The van der Waals surface area contributed by atoms with Crippen molar-refractivity contribution in [2.24, 2.45) is 0 Å². The van der Waals surface area contributed by atoms with Crippen molar-refractivity contribution < 1.29 is 28.7 Å². The van der Waals surface area contributed by atoms with Crippen LogP contribution in [0.5, 0.6) is 0 Å². The molecule has 0 bridgehead atoms. The molecule has 0 radical (unpaired) electrons. The summed E-state index contributed by atoms with van der Waals surface area (Å²) in [5, 5.41) is 15.1. The van der Waals surface area contributed by atoms with Gasteiger partial charge in [0.25, 0.3) is 0 Å². The highest BCUT2D eigenvalue weighted by Gasteiger charge is 2.36. The van der Waals surface area contributed by atoms with Gasteiger partial charge in [-0.15, -0.1) is 24.2 Å². The SMILES string of the molecule is C#CCOCCN(CC)c1ccc(C2=C([O-])/C(=C3/C=CC(=[N+](CC)CCOCC#C)S3)C(=O)C2=O)s1. The fourth-order valence-electron chi connectivity index (χ4n) is 3.73. The van der Waals surface area contributed by atoms with Crippen LogP contribution in [0.15, 0.2) is 40.5 Å². The van der Waals surface area contributed by atoms with Gasteiger partial charge in [-0.25, -0.2) is 4.58 Å². The van der Waals surface area contributed by atoms with Gasteiger partial charge in [0.05, 0.1) is 11.6 Å². The van der Waals surface area contributed by atoms with Crippen LogP contribution < -0.4 is 10.0 Å². The molecule has 7 nitrogen and oxygen atoms in total. The van der Waals surface area contributed by atoms with Crippen molar-refractivity contribution in [3.63, 3.8) is 0 Å². The zero-order valence-electron chi connectivity index (χ0n) is 20.4. The van der Waals surface area contributed by atoms with Crippen LogP contribution in [0, 0.1) is 24.7 Å². The van der Waals surface area contributed by atoms with E-state index in [9.17, 15) is 14.7 Å². The molecule has 9 heteroatoms. The second-order valence-electron chi connectivity index (χ2n) is 7.69. The molecule has 0 N–H and O–H groups in total. The van der Waals surface area contributed by atoms with Gasteiger partial charge in [-0.1, -0.05) is 17.6 Å². The van der Waals surface area contributed by atoms with Crippen LogP contribution in [-0.2, 0) is 19.1 Å². The normalized spacial score (nSPS) is 18.7. The summed E-state index contributed by atoms with van der Waals surface area (Å²) in [7, 11) is 0. The molecule has 1 aliphatic carbocycles. The third-order valence-corrected chi connectivity index (χ3v) is 7.89. The highest BCUT2D eigenvalue weighted by Crippen LogP contribution is 2.41. The highest BCUT2D eigenvalue weighted by atomic mass is 32.2. The smallest absolute Gasteiger partial charge is 0.239 e. The summed E-state index contributed by atoms with van der Waals surface area (Å²) < 4.78 is 12.8. The largest absolute Gasteiger partial charge is 0.871 e. The molecule has 36 heavy (non-hydrogen) atoms. The Morgan fingerprint density at radius 1 is 1.03 bits per heavy atom. The molecule has 0 atom stereocenters. The van der Waals surface area contributed by atoms with Crippen molar-refractivity contribution in [1.29, 1.82) is 0 Å². The van der Waals surface area contributed by atoms with E-state index in [0.717, 1.165) is 10.0 Å². The number of ether oxygens (including phenoxy) is 2. The molecule has 3 rings (SSSR count). The van der Waals surface area contributed by atoms with Crippen LogP contribution in [0.3, 0.4) is 0 Å². The van der Waals surface area contributed by atoms with Gasteiger partial charge in [-0.2, -0.15) is 0 Å². The van der Waals surface area contributed by atoms with Crippen molar-refractivity contribution in [3.05, 3.63) is 45.4 Å². The first-order chi connectivity index (χ1) is 17.5. The minimum absolute atomic E-state index is 0.0594. The van der Waals surface area contributed by atoms with Crippen LogP contribution in [0.4, 0.5) is 5.00 Å². The number of rotatable bonds is 12. The van der Waals surface area contributed by atoms with Gasteiger partial charge in [0.1, 0.15) is 26.4 Å². The zero-order chi connectivity index (χ0) is 26.1. The molecule has 0 saturated heterocycles. The van der Waals surface area contributed by atoms with Gasteiger partial charge in [0.15, 0.2) is 6.54 Å². The minimum atomic E-state index is -0.756. The van der Waals surface area contributed by atoms with Gasteiger partial charge >= 0.3 is 0 Å². The van der Waals surface area contributed by atoms with Crippen LogP contribution in [0.2, 0.25) is 0 Å². The van der Waals surface area contributed by atoms with Crippen molar-refractivity contribution in [2.75, 3.05) is 57.5 Å². The number of carbonyl (C=O) groups is 2. The average Bonchev–Trinajstić information content (AvgIpc) is 3.59. The Hall–Kier alpha value is -3.08. The van der Waals surface area contributed by atoms with Crippen molar-refractivity contribution in [1.82, 2.24) is 0 Å². The summed E-state index contributed by atoms with van der Waals surface area (Å²) in [5.74, 6) is 2.83. The maximum atomic E-state index is 13.3. The number of nitrogens with zero attached hydrogens (tertiary/aromatic N) is 2. The number of likely N-dealkylation sites (N-methyl/N-ethyl adjacent to an activating group) is 2. The number of Topliss-reactive ketones (excluding diaryl/α,β-unsaturated/α-hetero) is 2. The van der Waals surface area contributed by atoms with Gasteiger partial charge < -0.3 is 19.5 Å². The molecular weight excluding hydrogens is 496 g/mol. The second kappa shape index (κ2) is 13.3. The maximum Gasteiger partial charge on any atom is 0.239 e. The number of allylic oxidation sites excluding steroid dienone is 3. The first kappa shape index (κ1) is 27.5. The number of terminal acetylenes is 2. The Morgan fingerprint density at radius 3 is 2.39 bits per heavy atom. The van der Waals surface area contributed by atoms with E-state index in [4.69, 9.17) is 22.3 Å². The molecule has 1 aliphatic heterocycles. The molecule has 1 aromatic rings. The Bertz CT molecular complexity index is 1220. The van der Waals surface area contributed by atoms with E-state index in [-0.39, 0.29) is 24.4 Å². The van der Waals surface area contributed by atoms with E-state index in [2.05, 4.69) is 21.3 Å². The molecule has 1 aromatic heterocycles. The number of hydrogen-bond acceptors (Lipinski definition) is 8. The summed E-state index contributed by atoms with van der Waals surface area (Å²) in [4.78, 5) is 28.8. The van der Waals surface area contributed by atoms with E-state index in [1.54, 1.807) is 12.1 Å². The molecule has 0 saturated carbocycles. The third-order valence-electron chi connectivity index (χ3n) is 5.56. The molecular formula is C27H28N2O5S2. The summed E-state index contributed by atoms with van der Waals surface area (Å²) in [6.07, 6.45) is 14.0. The Balaban J connectivity index is 1.83. The predicted molar refractivity (Wildman–Crippen MR) is 143 cm³/mol. The summed E-state index contributed by atoms with van der Waals surface area (Å²) in [6.45, 7) is 8.08. The van der Waals surface area contributed by atoms with Gasteiger partial charge in [0.2, 0.25) is 16.6 Å². The predicted octanol–water partition coefficient (Wildman–Crippen LogP) is 2.09. The minimum Gasteiger partial charge on any atom is -0.871 e. The summed E-state index contributed by atoms with van der Waals surface area (Å²) in [6, 6.07) is 3.58. The topological polar surface area (TPSA) is 81.9 Å². The standard InChI is InChI=1S/C27H28N2O5S2/c1-5-15-33-17-13-28(7-3)21-11-9-19(35-21)23-25(30)24(27(32)26(23)31)20-10-12-22(36-20)29(8-4)14-18-34-16-6-2/h1-2,9-12H,7-8,13-18H2,3-4H3. The van der Waals surface area contributed by atoms with E-state index in [1.165, 1.54) is 23.1 Å². The monoisotopic (exact) mass is 524 g/mol.